The second-order valence-corrected chi connectivity index (χ2v) is 6.99. The maximum atomic E-state index is 5.78. The van der Waals surface area contributed by atoms with E-state index in [-0.39, 0.29) is 5.54 Å². The molecule has 0 radical (unpaired) electrons. The molecule has 1 heterocycles. The molecule has 0 saturated carbocycles. The highest BCUT2D eigenvalue weighted by Crippen LogP contribution is 2.14. The molecular formula is C18H29NO2. The molecule has 1 fully saturated rings. The van der Waals surface area contributed by atoms with Crippen molar-refractivity contribution in [2.24, 2.45) is 5.92 Å². The number of nitrogens with one attached hydrogen (secondary N) is 1. The van der Waals surface area contributed by atoms with E-state index in [0.29, 0.717) is 12.5 Å². The van der Waals surface area contributed by atoms with Gasteiger partial charge in [-0.2, -0.15) is 0 Å². The Kier molecular flexibility index (Phi) is 6.22. The summed E-state index contributed by atoms with van der Waals surface area (Å²) in [5, 5.41) is 3.51. The summed E-state index contributed by atoms with van der Waals surface area (Å²) in [4.78, 5) is 0. The topological polar surface area (TPSA) is 30.5 Å². The summed E-state index contributed by atoms with van der Waals surface area (Å²) in [6.07, 6.45) is 2.21. The summed E-state index contributed by atoms with van der Waals surface area (Å²) >= 11 is 0. The molecule has 1 N–H and O–H groups in total. The molecule has 3 nitrogen and oxygen atoms in total. The Morgan fingerprint density at radius 2 is 1.90 bits per heavy atom. The molecule has 0 spiro atoms. The van der Waals surface area contributed by atoms with E-state index in [2.05, 4.69) is 50.4 Å². The zero-order valence-electron chi connectivity index (χ0n) is 13.7. The molecule has 21 heavy (non-hydrogen) atoms. The van der Waals surface area contributed by atoms with E-state index in [0.717, 1.165) is 39.2 Å². The van der Waals surface area contributed by atoms with Crippen LogP contribution in [0.15, 0.2) is 24.3 Å². The number of rotatable bonds is 7. The smallest absolute Gasteiger partial charge is 0.0717 e. The summed E-state index contributed by atoms with van der Waals surface area (Å²) in [6, 6.07) is 8.78. The molecule has 0 amide bonds. The average molecular weight is 291 g/mol. The van der Waals surface area contributed by atoms with Gasteiger partial charge in [0.2, 0.25) is 0 Å². The molecule has 2 rings (SSSR count). The second-order valence-electron chi connectivity index (χ2n) is 6.99. The third-order valence-electron chi connectivity index (χ3n) is 3.74. The van der Waals surface area contributed by atoms with Gasteiger partial charge in [0.25, 0.3) is 0 Å². The van der Waals surface area contributed by atoms with E-state index >= 15 is 0 Å². The van der Waals surface area contributed by atoms with Crippen molar-refractivity contribution >= 4 is 0 Å². The van der Waals surface area contributed by atoms with Gasteiger partial charge in [0.05, 0.1) is 19.8 Å². The van der Waals surface area contributed by atoms with Crippen LogP contribution in [0.2, 0.25) is 0 Å². The third kappa shape index (κ3) is 6.60. The first-order valence-corrected chi connectivity index (χ1v) is 8.01. The zero-order valence-corrected chi connectivity index (χ0v) is 13.7. The Bertz CT molecular complexity index is 402. The van der Waals surface area contributed by atoms with Crippen molar-refractivity contribution in [1.29, 1.82) is 0 Å². The minimum atomic E-state index is 0.192. The van der Waals surface area contributed by atoms with Crippen molar-refractivity contribution in [3.8, 4) is 0 Å². The molecule has 1 atom stereocenters. The van der Waals surface area contributed by atoms with Crippen molar-refractivity contribution < 1.29 is 9.47 Å². The van der Waals surface area contributed by atoms with Crippen LogP contribution >= 0.6 is 0 Å². The van der Waals surface area contributed by atoms with Gasteiger partial charge in [0.15, 0.2) is 0 Å². The molecule has 1 saturated heterocycles. The number of hydrogen-bond donors (Lipinski definition) is 1. The van der Waals surface area contributed by atoms with Crippen LogP contribution in [-0.4, -0.2) is 31.9 Å². The average Bonchev–Trinajstić information content (AvgIpc) is 2.92. The van der Waals surface area contributed by atoms with Crippen molar-refractivity contribution in [3.05, 3.63) is 35.4 Å². The van der Waals surface area contributed by atoms with Gasteiger partial charge in [-0.3, -0.25) is 0 Å². The molecule has 1 aromatic rings. The summed E-state index contributed by atoms with van der Waals surface area (Å²) in [5.41, 5.74) is 2.82. The summed E-state index contributed by atoms with van der Waals surface area (Å²) in [7, 11) is 0. The van der Waals surface area contributed by atoms with Gasteiger partial charge in [-0.1, -0.05) is 24.3 Å². The van der Waals surface area contributed by atoms with Crippen LogP contribution in [0.25, 0.3) is 0 Å². The molecule has 1 aliphatic rings. The maximum Gasteiger partial charge on any atom is 0.0717 e. The van der Waals surface area contributed by atoms with Crippen LogP contribution in [0, 0.1) is 5.92 Å². The lowest BCUT2D eigenvalue weighted by molar-refractivity contribution is 0.0791. The first-order chi connectivity index (χ1) is 10.0. The Labute approximate surface area is 129 Å². The summed E-state index contributed by atoms with van der Waals surface area (Å²) in [6.45, 7) is 10.9. The highest BCUT2D eigenvalue weighted by Gasteiger charge is 2.15. The van der Waals surface area contributed by atoms with Gasteiger partial charge in [-0.25, -0.2) is 0 Å². The third-order valence-corrected chi connectivity index (χ3v) is 3.74. The molecular weight excluding hydrogens is 262 g/mol. The van der Waals surface area contributed by atoms with Crippen molar-refractivity contribution in [2.45, 2.75) is 45.8 Å². The first-order valence-electron chi connectivity index (χ1n) is 8.01. The molecule has 0 aliphatic carbocycles. The fourth-order valence-corrected chi connectivity index (χ4v) is 2.44. The molecule has 118 valence electrons. The van der Waals surface area contributed by atoms with Gasteiger partial charge in [0, 0.05) is 18.1 Å². The molecule has 0 bridgehead atoms. The van der Waals surface area contributed by atoms with Crippen LogP contribution in [0.3, 0.4) is 0 Å². The summed E-state index contributed by atoms with van der Waals surface area (Å²) in [5.74, 6) is 0.591. The largest absolute Gasteiger partial charge is 0.381 e. The van der Waals surface area contributed by atoms with Crippen LogP contribution in [0.1, 0.15) is 38.3 Å². The lowest BCUT2D eigenvalue weighted by Crippen LogP contribution is -2.37. The summed E-state index contributed by atoms with van der Waals surface area (Å²) < 4.78 is 11.1. The number of ether oxygens (including phenoxy) is 2. The van der Waals surface area contributed by atoms with Crippen LogP contribution in [0.5, 0.6) is 0 Å². The number of hydrogen-bond acceptors (Lipinski definition) is 3. The number of benzene rings is 1. The van der Waals surface area contributed by atoms with E-state index < -0.39 is 0 Å². The quantitative estimate of drug-likeness (QED) is 0.837. The minimum Gasteiger partial charge on any atom is -0.381 e. The van der Waals surface area contributed by atoms with Gasteiger partial charge < -0.3 is 14.8 Å². The molecule has 1 aliphatic heterocycles. The predicted molar refractivity (Wildman–Crippen MR) is 86.5 cm³/mol. The molecule has 0 aromatic heterocycles. The fraction of sp³-hybridized carbons (Fsp3) is 0.667. The van der Waals surface area contributed by atoms with E-state index in [9.17, 15) is 0 Å². The molecule has 1 unspecified atom stereocenters. The van der Waals surface area contributed by atoms with Crippen LogP contribution in [-0.2, 0) is 22.5 Å². The zero-order chi connectivity index (χ0) is 15.1. The monoisotopic (exact) mass is 291 g/mol. The SMILES string of the molecule is CC(C)(C)NCCc1ccc(COCC2CCOC2)cc1. The first kappa shape index (κ1) is 16.5. The predicted octanol–water partition coefficient (Wildman–Crippen LogP) is 3.17. The van der Waals surface area contributed by atoms with Crippen molar-refractivity contribution in [2.75, 3.05) is 26.4 Å². The standard InChI is InChI=1S/C18H29NO2/c1-18(2,3)19-10-8-15-4-6-16(7-5-15)12-21-14-17-9-11-20-13-17/h4-7,17,19H,8-14H2,1-3H3. The van der Waals surface area contributed by atoms with Crippen molar-refractivity contribution in [3.63, 3.8) is 0 Å². The lowest BCUT2D eigenvalue weighted by Gasteiger charge is -2.20. The molecule has 1 aromatic carbocycles. The maximum absolute atomic E-state index is 5.78. The molecule has 3 heteroatoms. The van der Waals surface area contributed by atoms with Gasteiger partial charge in [0.1, 0.15) is 0 Å². The van der Waals surface area contributed by atoms with Gasteiger partial charge >= 0.3 is 0 Å². The normalized spacial score (nSPS) is 19.1. The Hall–Kier alpha value is -0.900. The van der Waals surface area contributed by atoms with E-state index in [4.69, 9.17) is 9.47 Å². The van der Waals surface area contributed by atoms with Gasteiger partial charge in [-0.05, 0) is 51.3 Å². The highest BCUT2D eigenvalue weighted by molar-refractivity contribution is 5.22. The minimum absolute atomic E-state index is 0.192. The lowest BCUT2D eigenvalue weighted by atomic mass is 10.1. The highest BCUT2D eigenvalue weighted by atomic mass is 16.5. The van der Waals surface area contributed by atoms with Gasteiger partial charge in [-0.15, -0.1) is 0 Å². The Morgan fingerprint density at radius 1 is 1.19 bits per heavy atom. The van der Waals surface area contributed by atoms with Crippen molar-refractivity contribution in [1.82, 2.24) is 5.32 Å². The van der Waals surface area contributed by atoms with Crippen LogP contribution < -0.4 is 5.32 Å². The van der Waals surface area contributed by atoms with Crippen LogP contribution in [0.4, 0.5) is 0 Å². The van der Waals surface area contributed by atoms with E-state index in [1.54, 1.807) is 0 Å². The van der Waals surface area contributed by atoms with E-state index in [1.807, 2.05) is 0 Å². The Balaban J connectivity index is 1.66. The van der Waals surface area contributed by atoms with E-state index in [1.165, 1.54) is 11.1 Å². The fourth-order valence-electron chi connectivity index (χ4n) is 2.44. The second kappa shape index (κ2) is 7.92. The Morgan fingerprint density at radius 3 is 2.52 bits per heavy atom.